The highest BCUT2D eigenvalue weighted by atomic mass is 16.3. The SMILES string of the molecule is CCCCCCC(C)(C)c1cc(O)c2c(c1)oc1cc3cc(c12)C3. The lowest BCUT2D eigenvalue weighted by Gasteiger charge is -2.25. The fraction of sp³-hybridized carbons (Fsp3) is 0.455. The summed E-state index contributed by atoms with van der Waals surface area (Å²) in [7, 11) is 0. The molecule has 2 aliphatic rings. The van der Waals surface area contributed by atoms with Crippen molar-refractivity contribution < 1.29 is 9.52 Å². The molecule has 5 rings (SSSR count). The van der Waals surface area contributed by atoms with E-state index in [1.165, 1.54) is 42.4 Å². The third kappa shape index (κ3) is 2.40. The molecule has 2 heteroatoms. The first kappa shape index (κ1) is 15.6. The van der Waals surface area contributed by atoms with Crippen molar-refractivity contribution in [3.8, 4) is 5.75 Å². The highest BCUT2D eigenvalue weighted by Gasteiger charge is 2.25. The van der Waals surface area contributed by atoms with Crippen molar-refractivity contribution in [2.24, 2.45) is 0 Å². The molecule has 0 unspecified atom stereocenters. The number of phenols is 1. The van der Waals surface area contributed by atoms with Gasteiger partial charge in [0.25, 0.3) is 0 Å². The smallest absolute Gasteiger partial charge is 0.139 e. The molecule has 3 aromatic rings. The van der Waals surface area contributed by atoms with Crippen molar-refractivity contribution in [2.75, 3.05) is 0 Å². The quantitative estimate of drug-likeness (QED) is 0.414. The molecule has 0 amide bonds. The summed E-state index contributed by atoms with van der Waals surface area (Å²) in [6.07, 6.45) is 7.21. The van der Waals surface area contributed by atoms with E-state index in [-0.39, 0.29) is 5.41 Å². The summed E-state index contributed by atoms with van der Waals surface area (Å²) in [5.74, 6) is 0.360. The van der Waals surface area contributed by atoms with E-state index in [0.717, 1.165) is 34.8 Å². The van der Waals surface area contributed by atoms with Gasteiger partial charge in [-0.2, -0.15) is 0 Å². The van der Waals surface area contributed by atoms with Crippen LogP contribution in [0.25, 0.3) is 21.9 Å². The van der Waals surface area contributed by atoms with Gasteiger partial charge in [0.2, 0.25) is 0 Å². The van der Waals surface area contributed by atoms with Crippen molar-refractivity contribution in [1.82, 2.24) is 0 Å². The van der Waals surface area contributed by atoms with Crippen LogP contribution in [0.5, 0.6) is 5.75 Å². The van der Waals surface area contributed by atoms with E-state index in [1.54, 1.807) is 0 Å². The molecule has 0 fully saturated rings. The van der Waals surface area contributed by atoms with Crippen molar-refractivity contribution >= 4 is 21.9 Å². The fourth-order valence-corrected chi connectivity index (χ4v) is 4.01. The molecule has 1 aromatic heterocycles. The Morgan fingerprint density at radius 1 is 1.00 bits per heavy atom. The van der Waals surface area contributed by atoms with Crippen LogP contribution >= 0.6 is 0 Å². The van der Waals surface area contributed by atoms with Gasteiger partial charge in [0.1, 0.15) is 16.9 Å². The number of furan rings is 1. The minimum Gasteiger partial charge on any atom is -0.507 e. The minimum atomic E-state index is 0.0482. The second-order valence-corrected chi connectivity index (χ2v) is 7.97. The molecular formula is C22H26O2. The molecule has 0 radical (unpaired) electrons. The fourth-order valence-electron chi connectivity index (χ4n) is 4.01. The number of unbranched alkanes of at least 4 members (excludes halogenated alkanes) is 3. The Morgan fingerprint density at radius 2 is 1.75 bits per heavy atom. The van der Waals surface area contributed by atoms with Gasteiger partial charge in [-0.25, -0.2) is 0 Å². The zero-order valence-corrected chi connectivity index (χ0v) is 14.9. The van der Waals surface area contributed by atoms with Gasteiger partial charge in [-0.3, -0.25) is 0 Å². The third-order valence-electron chi connectivity index (χ3n) is 5.63. The van der Waals surface area contributed by atoms with E-state index in [0.29, 0.717) is 5.75 Å². The average molecular weight is 322 g/mol. The van der Waals surface area contributed by atoms with Crippen molar-refractivity contribution in [3.05, 3.63) is 41.0 Å². The topological polar surface area (TPSA) is 33.4 Å². The lowest BCUT2D eigenvalue weighted by molar-refractivity contribution is 0.439. The molecule has 2 aliphatic carbocycles. The number of benzene rings is 2. The van der Waals surface area contributed by atoms with Gasteiger partial charge in [0, 0.05) is 5.39 Å². The number of fused-ring (bicyclic) bond motifs is 1. The Labute approximate surface area is 143 Å². The van der Waals surface area contributed by atoms with Crippen LogP contribution < -0.4 is 0 Å². The van der Waals surface area contributed by atoms with Gasteiger partial charge in [-0.15, -0.1) is 0 Å². The largest absolute Gasteiger partial charge is 0.507 e. The number of rotatable bonds is 6. The maximum absolute atomic E-state index is 10.7. The van der Waals surface area contributed by atoms with Crippen LogP contribution in [0.3, 0.4) is 0 Å². The first-order valence-electron chi connectivity index (χ1n) is 9.21. The minimum absolute atomic E-state index is 0.0482. The first-order valence-corrected chi connectivity index (χ1v) is 9.21. The first-order chi connectivity index (χ1) is 11.5. The molecule has 0 saturated carbocycles. The maximum Gasteiger partial charge on any atom is 0.139 e. The third-order valence-corrected chi connectivity index (χ3v) is 5.63. The van der Waals surface area contributed by atoms with Crippen LogP contribution in [0.4, 0.5) is 0 Å². The molecule has 126 valence electrons. The van der Waals surface area contributed by atoms with Gasteiger partial charge in [-0.1, -0.05) is 52.5 Å². The molecular weight excluding hydrogens is 296 g/mol. The van der Waals surface area contributed by atoms with Gasteiger partial charge >= 0.3 is 0 Å². The second kappa shape index (κ2) is 5.54. The summed E-state index contributed by atoms with van der Waals surface area (Å²) < 4.78 is 6.07. The van der Waals surface area contributed by atoms with E-state index in [4.69, 9.17) is 4.42 Å². The predicted octanol–water partition coefficient (Wildman–Crippen LogP) is 6.44. The van der Waals surface area contributed by atoms with Crippen LogP contribution in [-0.4, -0.2) is 5.11 Å². The zero-order valence-electron chi connectivity index (χ0n) is 14.9. The van der Waals surface area contributed by atoms with Gasteiger partial charge in [-0.05, 0) is 53.1 Å². The molecule has 0 aliphatic heterocycles. The Morgan fingerprint density at radius 3 is 2.50 bits per heavy atom. The highest BCUT2D eigenvalue weighted by molar-refractivity contribution is 6.11. The lowest BCUT2D eigenvalue weighted by Crippen LogP contribution is -2.16. The molecule has 2 aromatic carbocycles. The Bertz CT molecular complexity index is 915. The van der Waals surface area contributed by atoms with Gasteiger partial charge in [0.05, 0.1) is 5.39 Å². The molecule has 0 saturated heterocycles. The average Bonchev–Trinajstić information content (AvgIpc) is 2.90. The lowest BCUT2D eigenvalue weighted by atomic mass is 9.79. The summed E-state index contributed by atoms with van der Waals surface area (Å²) in [5, 5.41) is 12.7. The van der Waals surface area contributed by atoms with Crippen LogP contribution in [0.1, 0.15) is 69.6 Å². The second-order valence-electron chi connectivity index (χ2n) is 7.97. The normalized spacial score (nSPS) is 13.6. The van der Waals surface area contributed by atoms with E-state index < -0.39 is 0 Å². The molecule has 0 spiro atoms. The van der Waals surface area contributed by atoms with E-state index in [9.17, 15) is 5.11 Å². The molecule has 1 N–H and O–H groups in total. The van der Waals surface area contributed by atoms with Crippen molar-refractivity contribution in [2.45, 2.75) is 64.7 Å². The van der Waals surface area contributed by atoms with E-state index in [1.807, 2.05) is 6.07 Å². The summed E-state index contributed by atoms with van der Waals surface area (Å²) in [6, 6.07) is 8.40. The maximum atomic E-state index is 10.7. The number of hydrogen-bond acceptors (Lipinski definition) is 2. The molecule has 0 atom stereocenters. The van der Waals surface area contributed by atoms with Crippen LogP contribution in [0.15, 0.2) is 28.7 Å². The van der Waals surface area contributed by atoms with Crippen LogP contribution in [-0.2, 0) is 11.8 Å². The standard InChI is InChI=1S/C22H26O2/c1-4-5-6-7-8-22(2,3)16-12-17(23)21-19(13-16)24-18-11-14-9-15(10-14)20(18)21/h9,11-13,23H,4-8,10H2,1-3H3. The number of phenolic OH excluding ortho intramolecular Hbond substituents is 1. The van der Waals surface area contributed by atoms with Crippen molar-refractivity contribution in [3.63, 3.8) is 0 Å². The Balaban J connectivity index is 1.73. The summed E-state index contributed by atoms with van der Waals surface area (Å²) in [4.78, 5) is 0. The predicted molar refractivity (Wildman–Crippen MR) is 100.0 cm³/mol. The molecule has 2 bridgehead atoms. The van der Waals surface area contributed by atoms with Crippen molar-refractivity contribution in [1.29, 1.82) is 0 Å². The molecule has 24 heavy (non-hydrogen) atoms. The highest BCUT2D eigenvalue weighted by Crippen LogP contribution is 2.44. The number of hydrogen-bond donors (Lipinski definition) is 1. The van der Waals surface area contributed by atoms with Crippen LogP contribution in [0.2, 0.25) is 0 Å². The summed E-state index contributed by atoms with van der Waals surface area (Å²) >= 11 is 0. The van der Waals surface area contributed by atoms with Crippen LogP contribution in [0, 0.1) is 0 Å². The monoisotopic (exact) mass is 322 g/mol. The van der Waals surface area contributed by atoms with E-state index >= 15 is 0 Å². The van der Waals surface area contributed by atoms with Gasteiger partial charge in [0.15, 0.2) is 0 Å². The van der Waals surface area contributed by atoms with E-state index in [2.05, 4.69) is 39.0 Å². The molecule has 2 nitrogen and oxygen atoms in total. The zero-order chi connectivity index (χ0) is 16.9. The Kier molecular flexibility index (Phi) is 3.59. The summed E-state index contributed by atoms with van der Waals surface area (Å²) in [5.41, 5.74) is 5.57. The Hall–Kier alpha value is -1.96. The van der Waals surface area contributed by atoms with Gasteiger partial charge < -0.3 is 9.52 Å². The number of aromatic hydroxyl groups is 1. The molecule has 1 heterocycles. The summed E-state index contributed by atoms with van der Waals surface area (Å²) in [6.45, 7) is 6.78.